The van der Waals surface area contributed by atoms with Crippen LogP contribution < -0.4 is 10.6 Å². The molecule has 0 bridgehead atoms. The molecule has 0 aromatic rings. The van der Waals surface area contributed by atoms with E-state index in [0.29, 0.717) is 0 Å². The van der Waals surface area contributed by atoms with Crippen LogP contribution in [0.15, 0.2) is 0 Å². The van der Waals surface area contributed by atoms with Crippen LogP contribution in [0, 0.1) is 17.3 Å². The van der Waals surface area contributed by atoms with E-state index < -0.39 is 41.8 Å². The van der Waals surface area contributed by atoms with Gasteiger partial charge in [-0.1, -0.05) is 42.0 Å². The van der Waals surface area contributed by atoms with Gasteiger partial charge in [0.1, 0.15) is 18.8 Å². The summed E-state index contributed by atoms with van der Waals surface area (Å²) in [6, 6.07) is -0.800. The quantitative estimate of drug-likeness (QED) is 0.510. The van der Waals surface area contributed by atoms with Gasteiger partial charge in [0.2, 0.25) is 11.8 Å². The van der Waals surface area contributed by atoms with E-state index in [1.165, 1.54) is 7.05 Å². The van der Waals surface area contributed by atoms with Gasteiger partial charge in [-0.2, -0.15) is 0 Å². The molecule has 0 unspecified atom stereocenters. The zero-order valence-corrected chi connectivity index (χ0v) is 14.8. The molecule has 0 aromatic carbocycles. The van der Waals surface area contributed by atoms with Gasteiger partial charge in [-0.25, -0.2) is 0 Å². The fraction of sp³-hybridized carbons (Fsp3) is 0.824. The molecule has 0 aliphatic carbocycles. The van der Waals surface area contributed by atoms with Crippen molar-refractivity contribution in [3.05, 3.63) is 0 Å². The lowest BCUT2D eigenvalue weighted by molar-refractivity contribution is -0.143. The van der Waals surface area contributed by atoms with E-state index in [1.54, 1.807) is 20.8 Å². The highest BCUT2D eigenvalue weighted by molar-refractivity contribution is 5.93. The van der Waals surface area contributed by atoms with E-state index >= 15 is 0 Å². The predicted octanol–water partition coefficient (Wildman–Crippen LogP) is 0.484. The van der Waals surface area contributed by atoms with Crippen LogP contribution in [0.2, 0.25) is 0 Å². The molecule has 0 saturated carbocycles. The van der Waals surface area contributed by atoms with Gasteiger partial charge in [0.15, 0.2) is 5.78 Å². The lowest BCUT2D eigenvalue weighted by Gasteiger charge is -2.32. The Bertz CT molecular complexity index is 429. The van der Waals surface area contributed by atoms with Crippen molar-refractivity contribution >= 4 is 17.6 Å². The molecular formula is C17H34N2O5. The van der Waals surface area contributed by atoms with E-state index in [0.717, 1.165) is 0 Å². The molecule has 2 amide bonds. The number of rotatable bonds is 8. The molecular weight excluding hydrogens is 312 g/mol. The van der Waals surface area contributed by atoms with Crippen LogP contribution in [-0.2, 0) is 14.4 Å². The lowest BCUT2D eigenvalue weighted by Crippen LogP contribution is -2.56. The van der Waals surface area contributed by atoms with Gasteiger partial charge in [0, 0.05) is 7.05 Å². The van der Waals surface area contributed by atoms with Crippen molar-refractivity contribution in [1.82, 2.24) is 10.6 Å². The molecule has 0 radical (unpaired) electrons. The van der Waals surface area contributed by atoms with Crippen molar-refractivity contribution in [3.8, 4) is 0 Å². The van der Waals surface area contributed by atoms with Crippen LogP contribution in [0.5, 0.6) is 0 Å². The Labute approximate surface area is 145 Å². The Morgan fingerprint density at radius 1 is 1.08 bits per heavy atom. The molecule has 0 aliphatic heterocycles. The zero-order chi connectivity index (χ0) is 18.4. The Hall–Kier alpha value is -1.47. The topological polar surface area (TPSA) is 116 Å². The normalized spacial score (nSPS) is 15.0. The lowest BCUT2D eigenvalue weighted by atomic mass is 9.84. The Morgan fingerprint density at radius 2 is 1.58 bits per heavy atom. The van der Waals surface area contributed by atoms with E-state index in [9.17, 15) is 19.5 Å². The summed E-state index contributed by atoms with van der Waals surface area (Å²) >= 11 is 0. The van der Waals surface area contributed by atoms with Crippen molar-refractivity contribution in [2.75, 3.05) is 13.7 Å². The molecule has 0 spiro atoms. The average molecular weight is 346 g/mol. The summed E-state index contributed by atoms with van der Waals surface area (Å²) in [5.41, 5.74) is -0.538. The first-order chi connectivity index (χ1) is 10.4. The molecule has 0 heterocycles. The number of aliphatic hydroxyl groups excluding tert-OH is 2. The number of hydrogen-bond acceptors (Lipinski definition) is 5. The third-order valence-electron chi connectivity index (χ3n) is 3.59. The molecule has 3 atom stereocenters. The van der Waals surface area contributed by atoms with E-state index in [-0.39, 0.29) is 25.7 Å². The number of amides is 2. The summed E-state index contributed by atoms with van der Waals surface area (Å²) in [4.78, 5) is 36.1. The van der Waals surface area contributed by atoms with Gasteiger partial charge >= 0.3 is 0 Å². The van der Waals surface area contributed by atoms with Crippen LogP contribution in [0.3, 0.4) is 0 Å². The Kier molecular flexibility index (Phi) is 10.7. The minimum Gasteiger partial charge on any atom is -0.388 e. The van der Waals surface area contributed by atoms with Crippen LogP contribution in [0.4, 0.5) is 0 Å². The number of nitrogens with one attached hydrogen (secondary N) is 2. The molecule has 24 heavy (non-hydrogen) atoms. The number of aliphatic hydroxyl groups is 2. The first-order valence-electron chi connectivity index (χ1n) is 7.79. The monoisotopic (exact) mass is 346 g/mol. The van der Waals surface area contributed by atoms with Gasteiger partial charge < -0.3 is 20.8 Å². The standard InChI is InChI=1S/C16H30N2O5.CH4/c1-9(2)7-10(12(21)11(20)8-19)14(22)18-13(15(23)17-6)16(3,4)5;/h9-10,12-13,19,21H,7-8H2,1-6H3,(H,17,23)(H,18,22);1H4/t10-,12+,13-;/m0./s1. The Morgan fingerprint density at radius 3 is 1.92 bits per heavy atom. The molecule has 7 nitrogen and oxygen atoms in total. The van der Waals surface area contributed by atoms with Crippen LogP contribution >= 0.6 is 0 Å². The van der Waals surface area contributed by atoms with Crippen molar-refractivity contribution in [2.24, 2.45) is 17.3 Å². The largest absolute Gasteiger partial charge is 0.388 e. The maximum Gasteiger partial charge on any atom is 0.242 e. The van der Waals surface area contributed by atoms with E-state index in [1.807, 2.05) is 13.8 Å². The number of Topliss-reactive ketones (excluding diaryl/α,β-unsaturated/α-hetero) is 1. The van der Waals surface area contributed by atoms with Gasteiger partial charge in [-0.3, -0.25) is 14.4 Å². The second-order valence-electron chi connectivity index (χ2n) is 7.23. The average Bonchev–Trinajstić information content (AvgIpc) is 2.46. The van der Waals surface area contributed by atoms with Crippen molar-refractivity contribution in [3.63, 3.8) is 0 Å². The second kappa shape index (κ2) is 10.4. The minimum atomic E-state index is -1.59. The summed E-state index contributed by atoms with van der Waals surface area (Å²) < 4.78 is 0. The summed E-state index contributed by atoms with van der Waals surface area (Å²) in [5.74, 6) is -2.68. The van der Waals surface area contributed by atoms with E-state index in [2.05, 4.69) is 10.6 Å². The van der Waals surface area contributed by atoms with Gasteiger partial charge in [0.05, 0.1) is 5.92 Å². The zero-order valence-electron chi connectivity index (χ0n) is 14.8. The van der Waals surface area contributed by atoms with Gasteiger partial charge in [0.25, 0.3) is 0 Å². The summed E-state index contributed by atoms with van der Waals surface area (Å²) in [6.45, 7) is 8.30. The fourth-order valence-electron chi connectivity index (χ4n) is 2.27. The van der Waals surface area contributed by atoms with Gasteiger partial charge in [-0.15, -0.1) is 0 Å². The SMILES string of the molecule is C.CNC(=O)[C@H](NC(=O)[C@@H](CC(C)C)[C@@H](O)C(=O)CO)C(C)(C)C. The minimum absolute atomic E-state index is 0. The highest BCUT2D eigenvalue weighted by Gasteiger charge is 2.37. The summed E-state index contributed by atoms with van der Waals surface area (Å²) in [7, 11) is 1.48. The summed E-state index contributed by atoms with van der Waals surface area (Å²) in [5, 5.41) is 24.1. The summed E-state index contributed by atoms with van der Waals surface area (Å²) in [6.07, 6.45) is -1.32. The van der Waals surface area contributed by atoms with Crippen molar-refractivity contribution in [1.29, 1.82) is 0 Å². The number of carbonyl (C=O) groups is 3. The molecule has 0 fully saturated rings. The van der Waals surface area contributed by atoms with Crippen molar-refractivity contribution < 1.29 is 24.6 Å². The number of carbonyl (C=O) groups excluding carboxylic acids is 3. The van der Waals surface area contributed by atoms with Crippen molar-refractivity contribution in [2.45, 2.75) is 60.6 Å². The van der Waals surface area contributed by atoms with Gasteiger partial charge in [-0.05, 0) is 17.8 Å². The highest BCUT2D eigenvalue weighted by Crippen LogP contribution is 2.22. The molecule has 142 valence electrons. The molecule has 0 aliphatic rings. The number of ketones is 1. The predicted molar refractivity (Wildman–Crippen MR) is 93.2 cm³/mol. The third-order valence-corrected chi connectivity index (χ3v) is 3.59. The molecule has 0 saturated heterocycles. The smallest absolute Gasteiger partial charge is 0.242 e. The fourth-order valence-corrected chi connectivity index (χ4v) is 2.27. The first-order valence-corrected chi connectivity index (χ1v) is 7.79. The first kappa shape index (κ1) is 24.8. The molecule has 0 rings (SSSR count). The number of likely N-dealkylation sites (N-methyl/N-ethyl adjacent to an activating group) is 1. The number of hydrogen-bond donors (Lipinski definition) is 4. The third kappa shape index (κ3) is 7.40. The van der Waals surface area contributed by atoms with Crippen LogP contribution in [0.1, 0.15) is 48.5 Å². The molecule has 0 aromatic heterocycles. The maximum absolute atomic E-state index is 12.5. The van der Waals surface area contributed by atoms with Crippen LogP contribution in [0.25, 0.3) is 0 Å². The highest BCUT2D eigenvalue weighted by atomic mass is 16.3. The Balaban J connectivity index is 0. The van der Waals surface area contributed by atoms with E-state index in [4.69, 9.17) is 5.11 Å². The molecule has 7 heteroatoms. The second-order valence-corrected chi connectivity index (χ2v) is 7.23. The maximum atomic E-state index is 12.5. The van der Waals surface area contributed by atoms with Crippen LogP contribution in [-0.4, -0.2) is 53.6 Å². The molecule has 4 N–H and O–H groups in total.